The zero-order valence-electron chi connectivity index (χ0n) is 15.6. The van der Waals surface area contributed by atoms with Crippen LogP contribution in [0.5, 0.6) is 0 Å². The fourth-order valence-corrected chi connectivity index (χ4v) is 3.59. The van der Waals surface area contributed by atoms with E-state index in [0.717, 1.165) is 30.2 Å². The van der Waals surface area contributed by atoms with Gasteiger partial charge >= 0.3 is 5.97 Å². The summed E-state index contributed by atoms with van der Waals surface area (Å²) in [6.07, 6.45) is 5.54. The molecular formula is C21H25ClFNO2. The van der Waals surface area contributed by atoms with Crippen LogP contribution in [0, 0.1) is 0 Å². The molecule has 3 nitrogen and oxygen atoms in total. The van der Waals surface area contributed by atoms with E-state index in [2.05, 4.69) is 18.7 Å². The molecule has 140 valence electrons. The highest BCUT2D eigenvalue weighted by Gasteiger charge is 2.26. The molecule has 0 aliphatic carbocycles. The molecule has 0 spiro atoms. The van der Waals surface area contributed by atoms with Crippen LogP contribution in [0.2, 0.25) is 0 Å². The van der Waals surface area contributed by atoms with Crippen molar-refractivity contribution in [3.63, 3.8) is 0 Å². The van der Waals surface area contributed by atoms with Gasteiger partial charge in [0.25, 0.3) is 0 Å². The summed E-state index contributed by atoms with van der Waals surface area (Å²) in [6.45, 7) is 7.57. The Bertz CT molecular complexity index is 780. The Morgan fingerprint density at radius 2 is 2.04 bits per heavy atom. The second-order valence-corrected chi connectivity index (χ2v) is 7.35. The van der Waals surface area contributed by atoms with Gasteiger partial charge in [-0.1, -0.05) is 23.7 Å². The number of anilines is 1. The van der Waals surface area contributed by atoms with Crippen LogP contribution in [0.4, 0.5) is 10.1 Å². The highest BCUT2D eigenvalue weighted by molar-refractivity contribution is 6.22. The molecule has 1 heterocycles. The lowest BCUT2D eigenvalue weighted by atomic mass is 9.95. The van der Waals surface area contributed by atoms with Crippen molar-refractivity contribution < 1.29 is 14.3 Å². The number of fused-ring (bicyclic) bond motifs is 1. The van der Waals surface area contributed by atoms with Crippen molar-refractivity contribution in [2.24, 2.45) is 0 Å². The predicted octanol–water partition coefficient (Wildman–Crippen LogP) is 5.70. The molecule has 1 N–H and O–H groups in total. The van der Waals surface area contributed by atoms with Gasteiger partial charge in [-0.25, -0.2) is 9.18 Å². The molecule has 2 rings (SSSR count). The van der Waals surface area contributed by atoms with E-state index in [1.54, 1.807) is 13.8 Å². The quantitative estimate of drug-likeness (QED) is 0.309. The molecule has 1 aliphatic heterocycles. The monoisotopic (exact) mass is 377 g/mol. The number of benzene rings is 1. The first kappa shape index (κ1) is 20.2. The van der Waals surface area contributed by atoms with Gasteiger partial charge in [0.2, 0.25) is 0 Å². The smallest absolute Gasteiger partial charge is 0.328 e. The van der Waals surface area contributed by atoms with Crippen LogP contribution in [0.25, 0.3) is 5.57 Å². The SMILES string of the molecule is CC(C=CC(F)=C(C)c1ccc2c(c1)CCC(Cl)N2C(C)C)=CC(=O)O. The van der Waals surface area contributed by atoms with Gasteiger partial charge in [0.1, 0.15) is 11.3 Å². The van der Waals surface area contributed by atoms with Gasteiger partial charge in [0, 0.05) is 17.8 Å². The van der Waals surface area contributed by atoms with Gasteiger partial charge in [0.15, 0.2) is 0 Å². The van der Waals surface area contributed by atoms with Gasteiger partial charge in [-0.2, -0.15) is 0 Å². The number of hydrogen-bond acceptors (Lipinski definition) is 2. The van der Waals surface area contributed by atoms with Gasteiger partial charge in [-0.05, 0) is 81.0 Å². The van der Waals surface area contributed by atoms with E-state index in [1.165, 1.54) is 17.7 Å². The summed E-state index contributed by atoms with van der Waals surface area (Å²) in [6, 6.07) is 6.24. The van der Waals surface area contributed by atoms with Gasteiger partial charge in [-0.15, -0.1) is 0 Å². The lowest BCUT2D eigenvalue weighted by Gasteiger charge is -2.38. The fraction of sp³-hybridized carbons (Fsp3) is 0.381. The molecule has 1 unspecified atom stereocenters. The Kier molecular flexibility index (Phi) is 6.65. The minimum Gasteiger partial charge on any atom is -0.478 e. The van der Waals surface area contributed by atoms with Gasteiger partial charge in [-0.3, -0.25) is 0 Å². The van der Waals surface area contributed by atoms with E-state index in [4.69, 9.17) is 16.7 Å². The Morgan fingerprint density at radius 3 is 2.65 bits per heavy atom. The molecule has 0 radical (unpaired) electrons. The topological polar surface area (TPSA) is 40.5 Å². The molecule has 0 bridgehead atoms. The van der Waals surface area contributed by atoms with Crippen LogP contribution >= 0.6 is 11.6 Å². The van der Waals surface area contributed by atoms with E-state index in [9.17, 15) is 9.18 Å². The number of allylic oxidation sites excluding steroid dienone is 5. The maximum atomic E-state index is 14.5. The standard InChI is InChI=1S/C21H25ClFNO2/c1-13(2)24-19-9-6-16(12-17(19)7-10-20(24)22)15(4)18(23)8-5-14(3)11-21(25)26/h5-6,8-9,11-13,20H,7,10H2,1-4H3,(H,25,26). The maximum Gasteiger partial charge on any atom is 0.328 e. The van der Waals surface area contributed by atoms with E-state index in [1.807, 2.05) is 18.2 Å². The lowest BCUT2D eigenvalue weighted by Crippen LogP contribution is -2.40. The molecule has 5 heteroatoms. The third-order valence-electron chi connectivity index (χ3n) is 4.50. The van der Waals surface area contributed by atoms with Gasteiger partial charge < -0.3 is 10.0 Å². The van der Waals surface area contributed by atoms with Gasteiger partial charge in [0.05, 0.1) is 0 Å². The summed E-state index contributed by atoms with van der Waals surface area (Å²) >= 11 is 6.47. The van der Waals surface area contributed by atoms with Crippen molar-refractivity contribution in [3.05, 3.63) is 59.0 Å². The van der Waals surface area contributed by atoms with Crippen molar-refractivity contribution in [2.45, 2.75) is 52.1 Å². The molecule has 0 aromatic heterocycles. The van der Waals surface area contributed by atoms with E-state index < -0.39 is 5.97 Å². The zero-order valence-corrected chi connectivity index (χ0v) is 16.3. The van der Waals surface area contributed by atoms with Crippen molar-refractivity contribution in [1.82, 2.24) is 0 Å². The first-order valence-electron chi connectivity index (χ1n) is 8.72. The van der Waals surface area contributed by atoms with Crippen LogP contribution in [0.1, 0.15) is 45.2 Å². The lowest BCUT2D eigenvalue weighted by molar-refractivity contribution is -0.131. The minimum absolute atomic E-state index is 0.0198. The van der Waals surface area contributed by atoms with Crippen LogP contribution in [-0.2, 0) is 11.2 Å². The van der Waals surface area contributed by atoms with Crippen LogP contribution in [-0.4, -0.2) is 22.6 Å². The number of nitrogens with zero attached hydrogens (tertiary/aromatic N) is 1. The number of halogens is 2. The number of aliphatic carboxylic acids is 1. The maximum absolute atomic E-state index is 14.5. The number of carboxylic acid groups (broad SMARTS) is 1. The summed E-state index contributed by atoms with van der Waals surface area (Å²) in [5.74, 6) is -1.43. The van der Waals surface area contributed by atoms with Crippen molar-refractivity contribution in [2.75, 3.05) is 4.90 Å². The third-order valence-corrected chi connectivity index (χ3v) is 4.93. The molecule has 0 amide bonds. The average molecular weight is 378 g/mol. The van der Waals surface area contributed by atoms with E-state index in [0.29, 0.717) is 17.2 Å². The summed E-state index contributed by atoms with van der Waals surface area (Å²) in [5, 5.41) is 8.70. The van der Waals surface area contributed by atoms with Crippen LogP contribution in [0.15, 0.2) is 47.8 Å². The van der Waals surface area contributed by atoms with Crippen LogP contribution < -0.4 is 4.90 Å². The largest absolute Gasteiger partial charge is 0.478 e. The Labute approximate surface area is 159 Å². The highest BCUT2D eigenvalue weighted by Crippen LogP contribution is 2.36. The van der Waals surface area contributed by atoms with E-state index >= 15 is 0 Å². The van der Waals surface area contributed by atoms with Crippen LogP contribution in [0.3, 0.4) is 0 Å². The van der Waals surface area contributed by atoms with Crippen molar-refractivity contribution in [1.29, 1.82) is 0 Å². The Balaban J connectivity index is 2.32. The first-order valence-corrected chi connectivity index (χ1v) is 9.15. The number of hydrogen-bond donors (Lipinski definition) is 1. The fourth-order valence-electron chi connectivity index (χ4n) is 3.15. The molecule has 1 aliphatic rings. The number of rotatable bonds is 5. The first-order chi connectivity index (χ1) is 12.2. The molecule has 0 fully saturated rings. The summed E-state index contributed by atoms with van der Waals surface area (Å²) in [5.41, 5.74) is 4.09. The Morgan fingerprint density at radius 1 is 1.35 bits per heavy atom. The third kappa shape index (κ3) is 4.76. The molecular weight excluding hydrogens is 353 g/mol. The molecule has 1 aromatic rings. The number of aryl methyl sites for hydroxylation is 1. The molecule has 0 saturated carbocycles. The predicted molar refractivity (Wildman–Crippen MR) is 106 cm³/mol. The molecule has 26 heavy (non-hydrogen) atoms. The second-order valence-electron chi connectivity index (χ2n) is 6.85. The summed E-state index contributed by atoms with van der Waals surface area (Å²) in [4.78, 5) is 12.8. The van der Waals surface area contributed by atoms with Crippen molar-refractivity contribution in [3.8, 4) is 0 Å². The zero-order chi connectivity index (χ0) is 19.4. The summed E-state index contributed by atoms with van der Waals surface area (Å²) in [7, 11) is 0. The number of carboxylic acids is 1. The number of carbonyl (C=O) groups is 1. The molecule has 1 aromatic carbocycles. The molecule has 1 atom stereocenters. The average Bonchev–Trinajstić information content (AvgIpc) is 2.57. The number of alkyl halides is 1. The summed E-state index contributed by atoms with van der Waals surface area (Å²) < 4.78 is 14.5. The highest BCUT2D eigenvalue weighted by atomic mass is 35.5. The second kappa shape index (κ2) is 8.54. The Hall–Kier alpha value is -2.07. The normalized spacial score (nSPS) is 19.0. The van der Waals surface area contributed by atoms with Crippen molar-refractivity contribution >= 4 is 28.8 Å². The minimum atomic E-state index is -1.05. The van der Waals surface area contributed by atoms with E-state index in [-0.39, 0.29) is 11.3 Å². The molecule has 0 saturated heterocycles.